The second-order valence-corrected chi connectivity index (χ2v) is 5.84. The van der Waals surface area contributed by atoms with Crippen LogP contribution in [0.15, 0.2) is 24.3 Å². The number of amides is 2. The Labute approximate surface area is 139 Å². The predicted octanol–water partition coefficient (Wildman–Crippen LogP) is 0.899. The highest BCUT2D eigenvalue weighted by Gasteiger charge is 2.38. The maximum atomic E-state index is 12.3. The molecule has 6 nitrogen and oxygen atoms in total. The van der Waals surface area contributed by atoms with Gasteiger partial charge in [-0.15, -0.1) is 0 Å². The molecular weight excluding hydrogens is 320 g/mol. The highest BCUT2D eigenvalue weighted by atomic mass is 35.5. The average molecular weight is 339 g/mol. The number of carbonyl (C=O) groups is 3. The summed E-state index contributed by atoms with van der Waals surface area (Å²) in [6.07, 6.45) is 0.990. The summed E-state index contributed by atoms with van der Waals surface area (Å²) in [4.78, 5) is 37.6. The van der Waals surface area contributed by atoms with Gasteiger partial charge in [-0.1, -0.05) is 23.7 Å². The Morgan fingerprint density at radius 2 is 2.00 bits per heavy atom. The quantitative estimate of drug-likeness (QED) is 0.571. The monoisotopic (exact) mass is 338 g/mol. The number of rotatable bonds is 7. The highest BCUT2D eigenvalue weighted by molar-refractivity contribution is 6.38. The molecule has 1 atom stereocenters. The predicted molar refractivity (Wildman–Crippen MR) is 84.7 cm³/mol. The molecule has 1 saturated heterocycles. The Hall–Kier alpha value is -1.92. The summed E-state index contributed by atoms with van der Waals surface area (Å²) < 4.78 is 0. The Kier molecular flexibility index (Phi) is 6.12. The van der Waals surface area contributed by atoms with E-state index in [0.29, 0.717) is 17.9 Å². The molecule has 1 fully saturated rings. The molecule has 0 saturated carbocycles. The number of aliphatic hydroxyl groups is 1. The summed E-state index contributed by atoms with van der Waals surface area (Å²) in [7, 11) is 0. The average Bonchev–Trinajstić information content (AvgIpc) is 2.90. The molecule has 23 heavy (non-hydrogen) atoms. The van der Waals surface area contributed by atoms with E-state index in [-0.39, 0.29) is 32.0 Å². The summed E-state index contributed by atoms with van der Waals surface area (Å²) >= 11 is 5.83. The van der Waals surface area contributed by atoms with Crippen molar-refractivity contribution in [2.75, 3.05) is 13.2 Å². The lowest BCUT2D eigenvalue weighted by molar-refractivity contribution is -0.143. The van der Waals surface area contributed by atoms with Gasteiger partial charge in [0.25, 0.3) is 5.91 Å². The van der Waals surface area contributed by atoms with Crippen LogP contribution in [-0.4, -0.2) is 46.8 Å². The minimum absolute atomic E-state index is 0.0565. The van der Waals surface area contributed by atoms with Crippen molar-refractivity contribution in [2.45, 2.75) is 31.8 Å². The number of nitrogens with one attached hydrogen (secondary N) is 1. The van der Waals surface area contributed by atoms with Gasteiger partial charge in [0.2, 0.25) is 11.7 Å². The number of likely N-dealkylation sites (tertiary alicyclic amines) is 1. The first-order chi connectivity index (χ1) is 11.0. The molecular formula is C16H19ClN2O4. The first kappa shape index (κ1) is 17.4. The number of carbonyl (C=O) groups excluding carboxylic acids is 3. The Morgan fingerprint density at radius 3 is 2.65 bits per heavy atom. The number of Topliss-reactive ketones (excluding diaryl/α,β-unsaturated/α-hetero) is 1. The number of ketones is 1. The van der Waals surface area contributed by atoms with Gasteiger partial charge in [0.05, 0.1) is 0 Å². The molecule has 0 aliphatic carbocycles. The van der Waals surface area contributed by atoms with Crippen molar-refractivity contribution < 1.29 is 19.5 Å². The Bertz CT molecular complexity index is 588. The number of benzene rings is 1. The topological polar surface area (TPSA) is 86.7 Å². The molecule has 2 N–H and O–H groups in total. The first-order valence-corrected chi connectivity index (χ1v) is 7.87. The highest BCUT2D eigenvalue weighted by Crippen LogP contribution is 2.23. The molecule has 1 aromatic carbocycles. The Morgan fingerprint density at radius 1 is 1.30 bits per heavy atom. The van der Waals surface area contributed by atoms with E-state index < -0.39 is 17.7 Å². The molecule has 1 aliphatic heterocycles. The number of halogens is 1. The molecule has 0 bridgehead atoms. The molecule has 0 radical (unpaired) electrons. The summed E-state index contributed by atoms with van der Waals surface area (Å²) in [6.45, 7) is 0.453. The van der Waals surface area contributed by atoms with E-state index in [2.05, 4.69) is 5.32 Å². The van der Waals surface area contributed by atoms with Crippen molar-refractivity contribution in [3.05, 3.63) is 34.9 Å². The molecule has 124 valence electrons. The zero-order valence-electron chi connectivity index (χ0n) is 12.6. The van der Waals surface area contributed by atoms with E-state index in [1.807, 2.05) is 0 Å². The molecule has 0 aromatic heterocycles. The van der Waals surface area contributed by atoms with Crippen LogP contribution in [-0.2, 0) is 20.9 Å². The maximum absolute atomic E-state index is 12.3. The molecule has 1 aliphatic rings. The van der Waals surface area contributed by atoms with Crippen molar-refractivity contribution >= 4 is 29.2 Å². The third kappa shape index (κ3) is 4.53. The lowest BCUT2D eigenvalue weighted by atomic mass is 10.1. The molecule has 7 heteroatoms. The molecule has 0 spiro atoms. The smallest absolute Gasteiger partial charge is 0.289 e. The van der Waals surface area contributed by atoms with Gasteiger partial charge in [-0.3, -0.25) is 14.4 Å². The fourth-order valence-corrected chi connectivity index (χ4v) is 2.64. The van der Waals surface area contributed by atoms with E-state index in [1.165, 1.54) is 4.90 Å². The third-order valence-electron chi connectivity index (χ3n) is 3.74. The maximum Gasteiger partial charge on any atom is 0.289 e. The van der Waals surface area contributed by atoms with E-state index in [1.54, 1.807) is 24.3 Å². The van der Waals surface area contributed by atoms with Crippen LogP contribution in [0.5, 0.6) is 0 Å². The van der Waals surface area contributed by atoms with Crippen LogP contribution in [0.25, 0.3) is 0 Å². The van der Waals surface area contributed by atoms with Gasteiger partial charge in [0.15, 0.2) is 0 Å². The van der Waals surface area contributed by atoms with E-state index in [9.17, 15) is 14.4 Å². The van der Waals surface area contributed by atoms with Crippen molar-refractivity contribution in [3.63, 3.8) is 0 Å². The second kappa shape index (κ2) is 8.08. The molecule has 1 aromatic rings. The summed E-state index contributed by atoms with van der Waals surface area (Å²) in [6, 6.07) is 6.28. The van der Waals surface area contributed by atoms with Crippen LogP contribution >= 0.6 is 11.6 Å². The van der Waals surface area contributed by atoms with Gasteiger partial charge in [-0.2, -0.15) is 0 Å². The van der Waals surface area contributed by atoms with E-state index in [0.717, 1.165) is 5.56 Å². The van der Waals surface area contributed by atoms with Crippen molar-refractivity contribution in [2.24, 2.45) is 0 Å². The zero-order chi connectivity index (χ0) is 16.8. The minimum atomic E-state index is -0.729. The summed E-state index contributed by atoms with van der Waals surface area (Å²) in [5, 5.41) is 11.7. The fourth-order valence-electron chi connectivity index (χ4n) is 2.51. The van der Waals surface area contributed by atoms with Crippen LogP contribution in [0.4, 0.5) is 0 Å². The van der Waals surface area contributed by atoms with Crippen LogP contribution in [0.3, 0.4) is 0 Å². The first-order valence-electron chi connectivity index (χ1n) is 7.49. The van der Waals surface area contributed by atoms with Gasteiger partial charge in [-0.05, 0) is 30.5 Å². The van der Waals surface area contributed by atoms with Gasteiger partial charge >= 0.3 is 0 Å². The van der Waals surface area contributed by atoms with Crippen LogP contribution < -0.4 is 5.32 Å². The number of nitrogens with zero attached hydrogens (tertiary/aromatic N) is 1. The fraction of sp³-hybridized carbons (Fsp3) is 0.438. The van der Waals surface area contributed by atoms with Gasteiger partial charge in [-0.25, -0.2) is 0 Å². The molecule has 1 heterocycles. The van der Waals surface area contributed by atoms with Gasteiger partial charge in [0, 0.05) is 31.1 Å². The minimum Gasteiger partial charge on any atom is -0.396 e. The van der Waals surface area contributed by atoms with Crippen LogP contribution in [0.2, 0.25) is 5.02 Å². The number of hydrogen-bond donors (Lipinski definition) is 2. The SMILES string of the molecule is O=C(NCCCO)C(=O)C1CCC(=O)N1Cc1ccc(Cl)cc1. The number of hydrogen-bond acceptors (Lipinski definition) is 4. The number of aliphatic hydroxyl groups excluding tert-OH is 1. The van der Waals surface area contributed by atoms with Crippen LogP contribution in [0.1, 0.15) is 24.8 Å². The van der Waals surface area contributed by atoms with Crippen molar-refractivity contribution in [3.8, 4) is 0 Å². The van der Waals surface area contributed by atoms with Gasteiger partial charge < -0.3 is 15.3 Å². The standard InChI is InChI=1S/C16H19ClN2O4/c17-12-4-2-11(3-5-12)10-19-13(6-7-14(19)21)15(22)16(23)18-8-1-9-20/h2-5,13,20H,1,6-10H2,(H,18,23). The van der Waals surface area contributed by atoms with Crippen molar-refractivity contribution in [1.29, 1.82) is 0 Å². The second-order valence-electron chi connectivity index (χ2n) is 5.40. The lowest BCUT2D eigenvalue weighted by Crippen LogP contribution is -2.45. The molecule has 2 amide bonds. The van der Waals surface area contributed by atoms with E-state index >= 15 is 0 Å². The molecule has 2 rings (SSSR count). The third-order valence-corrected chi connectivity index (χ3v) is 3.99. The van der Waals surface area contributed by atoms with Crippen LogP contribution in [0, 0.1) is 0 Å². The summed E-state index contributed by atoms with van der Waals surface area (Å²) in [5.41, 5.74) is 0.850. The lowest BCUT2D eigenvalue weighted by Gasteiger charge is -2.23. The summed E-state index contributed by atoms with van der Waals surface area (Å²) in [5.74, 6) is -1.46. The van der Waals surface area contributed by atoms with Crippen molar-refractivity contribution in [1.82, 2.24) is 10.2 Å². The van der Waals surface area contributed by atoms with E-state index in [4.69, 9.17) is 16.7 Å². The van der Waals surface area contributed by atoms with Gasteiger partial charge in [0.1, 0.15) is 6.04 Å². The molecule has 1 unspecified atom stereocenters. The Balaban J connectivity index is 2.02. The largest absolute Gasteiger partial charge is 0.396 e. The normalized spacial score (nSPS) is 17.4. The zero-order valence-corrected chi connectivity index (χ0v) is 13.4.